The largest absolute Gasteiger partial charge is 0.381 e. The molecule has 0 atom stereocenters. The molecular weight excluding hydrogens is 290 g/mol. The predicted octanol–water partition coefficient (Wildman–Crippen LogP) is 3.25. The third-order valence-corrected chi connectivity index (χ3v) is 4.69. The first-order chi connectivity index (χ1) is 8.78. The Morgan fingerprint density at radius 3 is 2.72 bits per heavy atom. The Balaban J connectivity index is 1.82. The Hall–Kier alpha value is -0.380. The summed E-state index contributed by atoms with van der Waals surface area (Å²) in [6.45, 7) is 2.87. The van der Waals surface area contributed by atoms with Gasteiger partial charge in [-0.2, -0.15) is 0 Å². The number of ether oxygens (including phenoxy) is 1. The van der Waals surface area contributed by atoms with E-state index in [0.717, 1.165) is 38.6 Å². The van der Waals surface area contributed by atoms with Crippen LogP contribution in [0, 0.1) is 0 Å². The van der Waals surface area contributed by atoms with Gasteiger partial charge in [-0.3, -0.25) is 0 Å². The third-order valence-electron chi connectivity index (χ3n) is 4.19. The summed E-state index contributed by atoms with van der Waals surface area (Å²) >= 11 is 3.59. The van der Waals surface area contributed by atoms with Gasteiger partial charge in [0.15, 0.2) is 0 Å². The minimum Gasteiger partial charge on any atom is -0.381 e. The summed E-state index contributed by atoms with van der Waals surface area (Å²) in [5.41, 5.74) is 1.72. The summed E-state index contributed by atoms with van der Waals surface area (Å²) in [6, 6.07) is 9.57. The number of nitrogens with one attached hydrogen (secondary N) is 1. The van der Waals surface area contributed by atoms with Gasteiger partial charge in [-0.15, -0.1) is 0 Å². The standard InChI is InChI=1S/C15H20BrNO/c16-13-3-1-2-12(10-13)15(6-8-18-9-7-15)11-17-14-4-5-14/h1-3,10,14,17H,4-9,11H2. The lowest BCUT2D eigenvalue weighted by atomic mass is 9.74. The molecule has 1 aromatic rings. The predicted molar refractivity (Wildman–Crippen MR) is 76.9 cm³/mol. The molecule has 0 unspecified atom stereocenters. The van der Waals surface area contributed by atoms with E-state index in [1.54, 1.807) is 0 Å². The van der Waals surface area contributed by atoms with Crippen molar-refractivity contribution in [1.82, 2.24) is 5.32 Å². The Morgan fingerprint density at radius 1 is 1.28 bits per heavy atom. The fraction of sp³-hybridized carbons (Fsp3) is 0.600. The molecule has 0 amide bonds. The van der Waals surface area contributed by atoms with Crippen molar-refractivity contribution in [3.8, 4) is 0 Å². The van der Waals surface area contributed by atoms with Gasteiger partial charge in [-0.05, 0) is 43.4 Å². The van der Waals surface area contributed by atoms with Gasteiger partial charge in [0.05, 0.1) is 0 Å². The van der Waals surface area contributed by atoms with Gasteiger partial charge in [0, 0.05) is 35.7 Å². The zero-order chi connectivity index (χ0) is 12.4. The highest BCUT2D eigenvalue weighted by molar-refractivity contribution is 9.10. The Labute approximate surface area is 117 Å². The number of halogens is 1. The topological polar surface area (TPSA) is 21.3 Å². The molecule has 0 aromatic heterocycles. The zero-order valence-corrected chi connectivity index (χ0v) is 12.2. The van der Waals surface area contributed by atoms with Crippen molar-refractivity contribution in [2.45, 2.75) is 37.1 Å². The molecule has 1 aromatic carbocycles. The minimum absolute atomic E-state index is 0.268. The molecule has 1 saturated heterocycles. The van der Waals surface area contributed by atoms with Crippen molar-refractivity contribution in [3.63, 3.8) is 0 Å². The molecule has 1 aliphatic heterocycles. The van der Waals surface area contributed by atoms with E-state index in [1.165, 1.54) is 22.9 Å². The quantitative estimate of drug-likeness (QED) is 0.922. The fourth-order valence-corrected chi connectivity index (χ4v) is 3.17. The van der Waals surface area contributed by atoms with Crippen molar-refractivity contribution < 1.29 is 4.74 Å². The molecule has 3 heteroatoms. The smallest absolute Gasteiger partial charge is 0.0475 e. The Kier molecular flexibility index (Phi) is 3.73. The summed E-state index contributed by atoms with van der Waals surface area (Å²) in [5, 5.41) is 3.71. The number of benzene rings is 1. The summed E-state index contributed by atoms with van der Waals surface area (Å²) in [6.07, 6.45) is 4.96. The van der Waals surface area contributed by atoms with E-state index in [4.69, 9.17) is 4.74 Å². The number of hydrogen-bond donors (Lipinski definition) is 1. The first kappa shape index (κ1) is 12.6. The van der Waals surface area contributed by atoms with Crippen LogP contribution in [-0.2, 0) is 10.2 Å². The van der Waals surface area contributed by atoms with Gasteiger partial charge in [0.1, 0.15) is 0 Å². The van der Waals surface area contributed by atoms with Crippen LogP contribution in [0.25, 0.3) is 0 Å². The Bertz CT molecular complexity index is 411. The van der Waals surface area contributed by atoms with E-state index in [0.29, 0.717) is 0 Å². The van der Waals surface area contributed by atoms with E-state index in [2.05, 4.69) is 45.5 Å². The van der Waals surface area contributed by atoms with Crippen LogP contribution in [0.5, 0.6) is 0 Å². The van der Waals surface area contributed by atoms with Crippen molar-refractivity contribution >= 4 is 15.9 Å². The van der Waals surface area contributed by atoms with Crippen LogP contribution in [0.1, 0.15) is 31.2 Å². The van der Waals surface area contributed by atoms with Gasteiger partial charge in [-0.1, -0.05) is 28.1 Å². The molecular formula is C15H20BrNO. The summed E-state index contributed by atoms with van der Waals surface area (Å²) in [5.74, 6) is 0. The summed E-state index contributed by atoms with van der Waals surface area (Å²) in [7, 11) is 0. The molecule has 18 heavy (non-hydrogen) atoms. The molecule has 1 N–H and O–H groups in total. The van der Waals surface area contributed by atoms with Crippen LogP contribution < -0.4 is 5.32 Å². The van der Waals surface area contributed by atoms with Crippen molar-refractivity contribution in [2.24, 2.45) is 0 Å². The highest BCUT2D eigenvalue weighted by Gasteiger charge is 2.36. The first-order valence-corrected chi connectivity index (χ1v) is 7.65. The summed E-state index contributed by atoms with van der Waals surface area (Å²) in [4.78, 5) is 0. The highest BCUT2D eigenvalue weighted by Crippen LogP contribution is 2.36. The first-order valence-electron chi connectivity index (χ1n) is 6.86. The monoisotopic (exact) mass is 309 g/mol. The van der Waals surface area contributed by atoms with Gasteiger partial charge < -0.3 is 10.1 Å². The van der Waals surface area contributed by atoms with Crippen molar-refractivity contribution in [1.29, 1.82) is 0 Å². The second-order valence-corrected chi connectivity index (χ2v) is 6.47. The van der Waals surface area contributed by atoms with E-state index in [-0.39, 0.29) is 5.41 Å². The maximum absolute atomic E-state index is 5.56. The van der Waals surface area contributed by atoms with E-state index in [1.807, 2.05) is 0 Å². The van der Waals surface area contributed by atoms with Crippen LogP contribution in [-0.4, -0.2) is 25.8 Å². The highest BCUT2D eigenvalue weighted by atomic mass is 79.9. The lowest BCUT2D eigenvalue weighted by Crippen LogP contribution is -2.43. The zero-order valence-electron chi connectivity index (χ0n) is 10.6. The molecule has 0 radical (unpaired) electrons. The van der Waals surface area contributed by atoms with Crippen LogP contribution in [0.4, 0.5) is 0 Å². The average Bonchev–Trinajstić information content (AvgIpc) is 3.22. The number of rotatable bonds is 4. The van der Waals surface area contributed by atoms with Crippen LogP contribution in [0.3, 0.4) is 0 Å². The van der Waals surface area contributed by atoms with E-state index >= 15 is 0 Å². The lowest BCUT2D eigenvalue weighted by Gasteiger charge is -2.38. The minimum atomic E-state index is 0.268. The van der Waals surface area contributed by atoms with Crippen molar-refractivity contribution in [2.75, 3.05) is 19.8 Å². The number of hydrogen-bond acceptors (Lipinski definition) is 2. The second kappa shape index (κ2) is 5.32. The third kappa shape index (κ3) is 2.79. The molecule has 0 spiro atoms. The van der Waals surface area contributed by atoms with Crippen LogP contribution >= 0.6 is 15.9 Å². The molecule has 1 heterocycles. The molecule has 3 rings (SSSR count). The van der Waals surface area contributed by atoms with E-state index in [9.17, 15) is 0 Å². The maximum atomic E-state index is 5.56. The second-order valence-electron chi connectivity index (χ2n) is 5.56. The molecule has 98 valence electrons. The Morgan fingerprint density at radius 2 is 2.06 bits per heavy atom. The van der Waals surface area contributed by atoms with Gasteiger partial charge >= 0.3 is 0 Å². The van der Waals surface area contributed by atoms with Crippen LogP contribution in [0.2, 0.25) is 0 Å². The molecule has 2 aliphatic rings. The van der Waals surface area contributed by atoms with Gasteiger partial charge in [0.25, 0.3) is 0 Å². The van der Waals surface area contributed by atoms with Crippen LogP contribution in [0.15, 0.2) is 28.7 Å². The fourth-order valence-electron chi connectivity index (χ4n) is 2.78. The molecule has 1 saturated carbocycles. The molecule has 1 aliphatic carbocycles. The van der Waals surface area contributed by atoms with Gasteiger partial charge in [-0.25, -0.2) is 0 Å². The normalized spacial score (nSPS) is 22.9. The maximum Gasteiger partial charge on any atom is 0.0475 e. The average molecular weight is 310 g/mol. The van der Waals surface area contributed by atoms with E-state index < -0.39 is 0 Å². The molecule has 2 fully saturated rings. The molecule has 2 nitrogen and oxygen atoms in total. The summed E-state index contributed by atoms with van der Waals surface area (Å²) < 4.78 is 6.74. The van der Waals surface area contributed by atoms with Gasteiger partial charge in [0.2, 0.25) is 0 Å². The lowest BCUT2D eigenvalue weighted by molar-refractivity contribution is 0.0497. The molecule has 0 bridgehead atoms. The SMILES string of the molecule is Brc1cccc(C2(CNC3CC3)CCOCC2)c1. The van der Waals surface area contributed by atoms with Crippen molar-refractivity contribution in [3.05, 3.63) is 34.3 Å².